The molecular formula is C12H18O3. The molecule has 0 aromatic heterocycles. The molecular weight excluding hydrogens is 192 g/mol. The van der Waals surface area contributed by atoms with Crippen molar-refractivity contribution < 1.29 is 14.2 Å². The molecule has 0 N–H and O–H groups in total. The second-order valence-electron chi connectivity index (χ2n) is 3.40. The van der Waals surface area contributed by atoms with Crippen molar-refractivity contribution in [1.82, 2.24) is 0 Å². The van der Waals surface area contributed by atoms with Gasteiger partial charge in [-0.05, 0) is 16.7 Å². The lowest BCUT2D eigenvalue weighted by Crippen LogP contribution is -1.99. The highest BCUT2D eigenvalue weighted by Gasteiger charge is 2.03. The quantitative estimate of drug-likeness (QED) is 0.720. The summed E-state index contributed by atoms with van der Waals surface area (Å²) in [6.45, 7) is 1.85. The van der Waals surface area contributed by atoms with Gasteiger partial charge in [-0.3, -0.25) is 0 Å². The van der Waals surface area contributed by atoms with Crippen molar-refractivity contribution in [3.63, 3.8) is 0 Å². The van der Waals surface area contributed by atoms with Crippen molar-refractivity contribution in [2.45, 2.75) is 19.8 Å². The van der Waals surface area contributed by atoms with Crippen LogP contribution in [0.25, 0.3) is 0 Å². The average molecular weight is 210 g/mol. The van der Waals surface area contributed by atoms with Gasteiger partial charge >= 0.3 is 0 Å². The Morgan fingerprint density at radius 2 is 1.40 bits per heavy atom. The summed E-state index contributed by atoms with van der Waals surface area (Å²) in [4.78, 5) is 0. The molecule has 0 radical (unpaired) electrons. The van der Waals surface area contributed by atoms with Crippen molar-refractivity contribution in [3.05, 3.63) is 34.9 Å². The fourth-order valence-corrected chi connectivity index (χ4v) is 1.52. The van der Waals surface area contributed by atoms with Crippen LogP contribution in [0.1, 0.15) is 16.7 Å². The second kappa shape index (κ2) is 6.56. The standard InChI is InChI=1S/C12H18O3/c1-13-7-10-4-5-11(8-14-2)12(6-10)9-15-3/h4-6H,7-9H2,1-3H3. The van der Waals surface area contributed by atoms with E-state index >= 15 is 0 Å². The summed E-state index contributed by atoms with van der Waals surface area (Å²) in [6.07, 6.45) is 0. The highest BCUT2D eigenvalue weighted by molar-refractivity contribution is 5.31. The van der Waals surface area contributed by atoms with Crippen LogP contribution < -0.4 is 0 Å². The van der Waals surface area contributed by atoms with Gasteiger partial charge in [0.1, 0.15) is 0 Å². The van der Waals surface area contributed by atoms with Crippen molar-refractivity contribution in [1.29, 1.82) is 0 Å². The van der Waals surface area contributed by atoms with Crippen molar-refractivity contribution in [2.75, 3.05) is 21.3 Å². The van der Waals surface area contributed by atoms with Gasteiger partial charge in [-0.1, -0.05) is 18.2 Å². The van der Waals surface area contributed by atoms with Gasteiger partial charge in [0.2, 0.25) is 0 Å². The zero-order chi connectivity index (χ0) is 11.1. The fourth-order valence-electron chi connectivity index (χ4n) is 1.52. The minimum absolute atomic E-state index is 0.607. The molecule has 15 heavy (non-hydrogen) atoms. The lowest BCUT2D eigenvalue weighted by atomic mass is 10.1. The maximum atomic E-state index is 5.15. The lowest BCUT2D eigenvalue weighted by molar-refractivity contribution is 0.167. The summed E-state index contributed by atoms with van der Waals surface area (Å²) < 4.78 is 15.4. The summed E-state index contributed by atoms with van der Waals surface area (Å²) in [7, 11) is 5.08. The molecule has 0 bridgehead atoms. The van der Waals surface area contributed by atoms with E-state index in [9.17, 15) is 0 Å². The van der Waals surface area contributed by atoms with Gasteiger partial charge in [-0.2, -0.15) is 0 Å². The van der Waals surface area contributed by atoms with Crippen LogP contribution in [-0.2, 0) is 34.0 Å². The Labute approximate surface area is 91.0 Å². The predicted octanol–water partition coefficient (Wildman–Crippen LogP) is 2.13. The summed E-state index contributed by atoms with van der Waals surface area (Å²) in [5.74, 6) is 0. The number of rotatable bonds is 6. The van der Waals surface area contributed by atoms with Crippen LogP contribution in [0.15, 0.2) is 18.2 Å². The molecule has 0 saturated carbocycles. The van der Waals surface area contributed by atoms with E-state index in [0.717, 1.165) is 11.1 Å². The second-order valence-corrected chi connectivity index (χ2v) is 3.40. The Morgan fingerprint density at radius 1 is 0.800 bits per heavy atom. The zero-order valence-electron chi connectivity index (χ0n) is 9.58. The molecule has 0 unspecified atom stereocenters. The van der Waals surface area contributed by atoms with Crippen LogP contribution in [0, 0.1) is 0 Å². The third-order valence-corrected chi connectivity index (χ3v) is 2.18. The lowest BCUT2D eigenvalue weighted by Gasteiger charge is -2.10. The van der Waals surface area contributed by atoms with E-state index in [0.29, 0.717) is 19.8 Å². The summed E-state index contributed by atoms with van der Waals surface area (Å²) >= 11 is 0. The smallest absolute Gasteiger partial charge is 0.0716 e. The molecule has 0 aliphatic rings. The van der Waals surface area contributed by atoms with E-state index in [1.165, 1.54) is 5.56 Å². The first-order chi connectivity index (χ1) is 7.31. The van der Waals surface area contributed by atoms with Crippen LogP contribution in [0.4, 0.5) is 0 Å². The summed E-state index contributed by atoms with van der Waals surface area (Å²) in [5.41, 5.74) is 3.48. The van der Waals surface area contributed by atoms with Gasteiger partial charge in [0.25, 0.3) is 0 Å². The van der Waals surface area contributed by atoms with Crippen LogP contribution in [0.5, 0.6) is 0 Å². The number of ether oxygens (including phenoxy) is 3. The molecule has 0 aliphatic heterocycles. The molecule has 0 fully saturated rings. The Balaban J connectivity index is 2.87. The van der Waals surface area contributed by atoms with Crippen LogP contribution in [0.3, 0.4) is 0 Å². The van der Waals surface area contributed by atoms with E-state index in [4.69, 9.17) is 14.2 Å². The van der Waals surface area contributed by atoms with Crippen molar-refractivity contribution in [3.8, 4) is 0 Å². The molecule has 0 heterocycles. The van der Waals surface area contributed by atoms with Gasteiger partial charge in [0.05, 0.1) is 19.8 Å². The minimum atomic E-state index is 0.607. The number of hydrogen-bond donors (Lipinski definition) is 0. The first-order valence-electron chi connectivity index (χ1n) is 4.89. The number of benzene rings is 1. The van der Waals surface area contributed by atoms with Gasteiger partial charge in [0.15, 0.2) is 0 Å². The maximum absolute atomic E-state index is 5.15. The molecule has 0 amide bonds. The largest absolute Gasteiger partial charge is 0.380 e. The molecule has 3 nitrogen and oxygen atoms in total. The SMILES string of the molecule is COCc1ccc(COC)c(COC)c1. The van der Waals surface area contributed by atoms with Crippen LogP contribution in [-0.4, -0.2) is 21.3 Å². The van der Waals surface area contributed by atoms with E-state index in [1.54, 1.807) is 21.3 Å². The summed E-state index contributed by atoms with van der Waals surface area (Å²) in [5, 5.41) is 0. The Bertz CT molecular complexity index is 297. The summed E-state index contributed by atoms with van der Waals surface area (Å²) in [6, 6.07) is 6.21. The Morgan fingerprint density at radius 3 is 2.00 bits per heavy atom. The average Bonchev–Trinajstić information content (AvgIpc) is 2.23. The monoisotopic (exact) mass is 210 g/mol. The predicted molar refractivity (Wildman–Crippen MR) is 58.6 cm³/mol. The van der Waals surface area contributed by atoms with E-state index in [-0.39, 0.29) is 0 Å². The molecule has 1 aromatic rings. The van der Waals surface area contributed by atoms with E-state index in [2.05, 4.69) is 18.2 Å². The Hall–Kier alpha value is -0.900. The van der Waals surface area contributed by atoms with Gasteiger partial charge in [-0.25, -0.2) is 0 Å². The molecule has 0 atom stereocenters. The van der Waals surface area contributed by atoms with Gasteiger partial charge in [0, 0.05) is 21.3 Å². The molecule has 3 heteroatoms. The van der Waals surface area contributed by atoms with Crippen molar-refractivity contribution >= 4 is 0 Å². The van der Waals surface area contributed by atoms with Crippen LogP contribution in [0.2, 0.25) is 0 Å². The van der Waals surface area contributed by atoms with Gasteiger partial charge in [-0.15, -0.1) is 0 Å². The van der Waals surface area contributed by atoms with Crippen molar-refractivity contribution in [2.24, 2.45) is 0 Å². The topological polar surface area (TPSA) is 27.7 Å². The van der Waals surface area contributed by atoms with Crippen LogP contribution >= 0.6 is 0 Å². The third kappa shape index (κ3) is 3.63. The normalized spacial score (nSPS) is 10.6. The molecule has 0 spiro atoms. The third-order valence-electron chi connectivity index (χ3n) is 2.18. The molecule has 0 saturated heterocycles. The Kier molecular flexibility index (Phi) is 5.32. The maximum Gasteiger partial charge on any atom is 0.0716 e. The van der Waals surface area contributed by atoms with E-state index in [1.807, 2.05) is 0 Å². The molecule has 0 aliphatic carbocycles. The highest BCUT2D eigenvalue weighted by atomic mass is 16.5. The highest BCUT2D eigenvalue weighted by Crippen LogP contribution is 2.15. The minimum Gasteiger partial charge on any atom is -0.380 e. The molecule has 84 valence electrons. The zero-order valence-corrected chi connectivity index (χ0v) is 9.58. The first-order valence-corrected chi connectivity index (χ1v) is 4.89. The fraction of sp³-hybridized carbons (Fsp3) is 0.500. The van der Waals surface area contributed by atoms with E-state index < -0.39 is 0 Å². The molecule has 1 rings (SSSR count). The van der Waals surface area contributed by atoms with Gasteiger partial charge < -0.3 is 14.2 Å². The molecule has 1 aromatic carbocycles. The number of methoxy groups -OCH3 is 3. The first kappa shape index (κ1) is 12.2. The number of hydrogen-bond acceptors (Lipinski definition) is 3.